The molecule has 1 saturated heterocycles. The van der Waals surface area contributed by atoms with E-state index in [4.69, 9.17) is 4.74 Å². The number of nitrogens with zero attached hydrogens (tertiary/aromatic N) is 3. The first-order chi connectivity index (χ1) is 15.0. The summed E-state index contributed by atoms with van der Waals surface area (Å²) in [4.78, 5) is 33.5. The van der Waals surface area contributed by atoms with Crippen LogP contribution in [0.4, 0.5) is 5.69 Å². The molecule has 0 spiro atoms. The van der Waals surface area contributed by atoms with E-state index in [9.17, 15) is 9.59 Å². The SMILES string of the molecule is CC(C)C(=O)Nc1ccc(C(=O)N(CCCN2CCOCC2)Cc2ccncc2)cc1. The summed E-state index contributed by atoms with van der Waals surface area (Å²) < 4.78 is 5.41. The third kappa shape index (κ3) is 7.15. The number of ether oxygens (including phenoxy) is 1. The molecular weight excluding hydrogens is 392 g/mol. The molecule has 1 N–H and O–H groups in total. The predicted octanol–water partition coefficient (Wildman–Crippen LogP) is 3.04. The van der Waals surface area contributed by atoms with Crippen LogP contribution in [-0.4, -0.2) is 66.0 Å². The van der Waals surface area contributed by atoms with Gasteiger partial charge in [-0.1, -0.05) is 13.8 Å². The van der Waals surface area contributed by atoms with Gasteiger partial charge in [0.2, 0.25) is 5.91 Å². The zero-order valence-corrected chi connectivity index (χ0v) is 18.4. The van der Waals surface area contributed by atoms with Crippen LogP contribution in [0.3, 0.4) is 0 Å². The zero-order chi connectivity index (χ0) is 22.1. The Labute approximate surface area is 184 Å². The Morgan fingerprint density at radius 1 is 1.10 bits per heavy atom. The summed E-state index contributed by atoms with van der Waals surface area (Å²) in [6.07, 6.45) is 4.40. The molecule has 0 radical (unpaired) electrons. The molecular formula is C24H32N4O3. The van der Waals surface area contributed by atoms with Crippen molar-refractivity contribution in [2.24, 2.45) is 5.92 Å². The van der Waals surface area contributed by atoms with Crippen LogP contribution in [0.25, 0.3) is 0 Å². The highest BCUT2D eigenvalue weighted by atomic mass is 16.5. The quantitative estimate of drug-likeness (QED) is 0.670. The van der Waals surface area contributed by atoms with Crippen LogP contribution in [0.15, 0.2) is 48.8 Å². The molecule has 2 amide bonds. The van der Waals surface area contributed by atoms with Gasteiger partial charge in [0.25, 0.3) is 5.91 Å². The Balaban J connectivity index is 1.65. The largest absolute Gasteiger partial charge is 0.379 e. The van der Waals surface area contributed by atoms with Gasteiger partial charge in [0.15, 0.2) is 0 Å². The molecule has 2 aromatic rings. The highest BCUT2D eigenvalue weighted by molar-refractivity contribution is 5.96. The van der Waals surface area contributed by atoms with E-state index in [2.05, 4.69) is 15.2 Å². The number of benzene rings is 1. The lowest BCUT2D eigenvalue weighted by Gasteiger charge is -2.28. The van der Waals surface area contributed by atoms with Crippen LogP contribution in [-0.2, 0) is 16.1 Å². The number of carbonyl (C=O) groups excluding carboxylic acids is 2. The lowest BCUT2D eigenvalue weighted by molar-refractivity contribution is -0.118. The van der Waals surface area contributed by atoms with E-state index in [0.29, 0.717) is 24.3 Å². The number of anilines is 1. The first kappa shape index (κ1) is 22.9. The number of hydrogen-bond donors (Lipinski definition) is 1. The maximum atomic E-state index is 13.3. The van der Waals surface area contributed by atoms with Gasteiger partial charge in [0.1, 0.15) is 0 Å². The number of hydrogen-bond acceptors (Lipinski definition) is 5. The monoisotopic (exact) mass is 424 g/mol. The third-order valence-corrected chi connectivity index (χ3v) is 5.34. The summed E-state index contributed by atoms with van der Waals surface area (Å²) in [6, 6.07) is 11.0. The fraction of sp³-hybridized carbons (Fsp3) is 0.458. The van der Waals surface area contributed by atoms with Crippen molar-refractivity contribution in [1.29, 1.82) is 0 Å². The molecule has 0 aliphatic carbocycles. The number of pyridine rings is 1. The number of amides is 2. The summed E-state index contributed by atoms with van der Waals surface area (Å²) in [5.74, 6) is -0.148. The minimum Gasteiger partial charge on any atom is -0.379 e. The minimum absolute atomic E-state index is 0.0134. The lowest BCUT2D eigenvalue weighted by atomic mass is 10.1. The van der Waals surface area contributed by atoms with Crippen molar-refractivity contribution in [3.05, 3.63) is 59.9 Å². The van der Waals surface area contributed by atoms with E-state index in [1.807, 2.05) is 30.9 Å². The second kappa shape index (κ2) is 11.6. The molecule has 3 rings (SSSR count). The molecule has 0 unspecified atom stereocenters. The topological polar surface area (TPSA) is 74.8 Å². The molecule has 1 fully saturated rings. The first-order valence-electron chi connectivity index (χ1n) is 10.9. The second-order valence-corrected chi connectivity index (χ2v) is 8.11. The fourth-order valence-electron chi connectivity index (χ4n) is 3.44. The standard InChI is InChI=1S/C24H32N4O3/c1-19(2)23(29)26-22-6-4-21(5-7-22)24(30)28(18-20-8-10-25-11-9-20)13-3-12-27-14-16-31-17-15-27/h4-11,19H,3,12-18H2,1-2H3,(H,26,29). The van der Waals surface area contributed by atoms with Gasteiger partial charge in [-0.3, -0.25) is 19.5 Å². The smallest absolute Gasteiger partial charge is 0.254 e. The average Bonchev–Trinajstić information content (AvgIpc) is 2.80. The molecule has 7 nitrogen and oxygen atoms in total. The van der Waals surface area contributed by atoms with Gasteiger partial charge in [-0.05, 0) is 48.4 Å². The molecule has 0 bridgehead atoms. The Kier molecular flexibility index (Phi) is 8.55. The number of carbonyl (C=O) groups is 2. The molecule has 1 aliphatic heterocycles. The van der Waals surface area contributed by atoms with Crippen LogP contribution in [0.1, 0.15) is 36.2 Å². The van der Waals surface area contributed by atoms with Gasteiger partial charge < -0.3 is 15.0 Å². The van der Waals surface area contributed by atoms with Crippen LogP contribution >= 0.6 is 0 Å². The first-order valence-corrected chi connectivity index (χ1v) is 10.9. The lowest BCUT2D eigenvalue weighted by Crippen LogP contribution is -2.39. The van der Waals surface area contributed by atoms with Crippen LogP contribution in [0.2, 0.25) is 0 Å². The van der Waals surface area contributed by atoms with Crippen molar-refractivity contribution >= 4 is 17.5 Å². The van der Waals surface area contributed by atoms with Crippen LogP contribution < -0.4 is 5.32 Å². The molecule has 31 heavy (non-hydrogen) atoms. The van der Waals surface area contributed by atoms with E-state index in [-0.39, 0.29) is 17.7 Å². The van der Waals surface area contributed by atoms with Crippen molar-refractivity contribution in [2.45, 2.75) is 26.8 Å². The van der Waals surface area contributed by atoms with Gasteiger partial charge >= 0.3 is 0 Å². The summed E-state index contributed by atoms with van der Waals surface area (Å²) in [7, 11) is 0. The van der Waals surface area contributed by atoms with Crippen molar-refractivity contribution in [1.82, 2.24) is 14.8 Å². The summed E-state index contributed by atoms with van der Waals surface area (Å²) in [5, 5.41) is 2.86. The van der Waals surface area contributed by atoms with E-state index in [1.165, 1.54) is 0 Å². The summed E-state index contributed by atoms with van der Waals surface area (Å²) >= 11 is 0. The van der Waals surface area contributed by atoms with Crippen LogP contribution in [0, 0.1) is 5.92 Å². The molecule has 2 heterocycles. The van der Waals surface area contributed by atoms with Crippen molar-refractivity contribution in [3.8, 4) is 0 Å². The Hall–Kier alpha value is -2.77. The van der Waals surface area contributed by atoms with E-state index < -0.39 is 0 Å². The number of nitrogens with one attached hydrogen (secondary N) is 1. The Morgan fingerprint density at radius 3 is 2.42 bits per heavy atom. The minimum atomic E-state index is -0.0939. The van der Waals surface area contributed by atoms with Crippen LogP contribution in [0.5, 0.6) is 0 Å². The molecule has 0 saturated carbocycles. The predicted molar refractivity (Wildman–Crippen MR) is 121 cm³/mol. The third-order valence-electron chi connectivity index (χ3n) is 5.34. The van der Waals surface area contributed by atoms with Gasteiger partial charge in [0.05, 0.1) is 13.2 Å². The van der Waals surface area contributed by atoms with E-state index >= 15 is 0 Å². The fourth-order valence-corrected chi connectivity index (χ4v) is 3.44. The normalized spacial score (nSPS) is 14.4. The van der Waals surface area contributed by atoms with Gasteiger partial charge in [-0.2, -0.15) is 0 Å². The molecule has 1 aromatic heterocycles. The Morgan fingerprint density at radius 2 is 1.77 bits per heavy atom. The van der Waals surface area contributed by atoms with Gasteiger partial charge in [-0.15, -0.1) is 0 Å². The molecule has 166 valence electrons. The van der Waals surface area contributed by atoms with Crippen molar-refractivity contribution < 1.29 is 14.3 Å². The number of morpholine rings is 1. The summed E-state index contributed by atoms with van der Waals surface area (Å²) in [5.41, 5.74) is 2.36. The highest BCUT2D eigenvalue weighted by Gasteiger charge is 2.18. The molecule has 1 aromatic carbocycles. The zero-order valence-electron chi connectivity index (χ0n) is 18.4. The second-order valence-electron chi connectivity index (χ2n) is 8.11. The summed E-state index contributed by atoms with van der Waals surface area (Å²) in [6.45, 7) is 9.30. The number of aromatic nitrogens is 1. The Bertz CT molecular complexity index is 834. The highest BCUT2D eigenvalue weighted by Crippen LogP contribution is 2.15. The van der Waals surface area contributed by atoms with E-state index in [0.717, 1.165) is 44.8 Å². The molecule has 7 heteroatoms. The maximum absolute atomic E-state index is 13.3. The van der Waals surface area contributed by atoms with Crippen molar-refractivity contribution in [3.63, 3.8) is 0 Å². The number of rotatable bonds is 9. The van der Waals surface area contributed by atoms with Gasteiger partial charge in [0, 0.05) is 62.3 Å². The van der Waals surface area contributed by atoms with Crippen molar-refractivity contribution in [2.75, 3.05) is 44.7 Å². The maximum Gasteiger partial charge on any atom is 0.254 e. The van der Waals surface area contributed by atoms with E-state index in [1.54, 1.807) is 36.7 Å². The molecule has 0 atom stereocenters. The average molecular weight is 425 g/mol. The van der Waals surface area contributed by atoms with Gasteiger partial charge in [-0.25, -0.2) is 0 Å². The molecule has 1 aliphatic rings.